The fraction of sp³-hybridized carbons (Fsp3) is 0. The lowest BCUT2D eigenvalue weighted by molar-refractivity contribution is 0.597. The van der Waals surface area contributed by atoms with Crippen LogP contribution in [0.4, 0.5) is 10.1 Å². The number of benzene rings is 2. The van der Waals surface area contributed by atoms with E-state index in [1.807, 2.05) is 0 Å². The van der Waals surface area contributed by atoms with Crippen molar-refractivity contribution in [2.75, 3.05) is 4.72 Å². The van der Waals surface area contributed by atoms with Crippen molar-refractivity contribution < 1.29 is 21.2 Å². The van der Waals surface area contributed by atoms with Gasteiger partial charge in [-0.25, -0.2) is 26.4 Å². The van der Waals surface area contributed by atoms with Crippen molar-refractivity contribution in [1.29, 1.82) is 0 Å². The normalized spacial score (nSPS) is 12.1. The molecule has 0 saturated heterocycles. The maximum atomic E-state index is 12.8. The summed E-state index contributed by atoms with van der Waals surface area (Å²) in [6, 6.07) is 9.18. The highest BCUT2D eigenvalue weighted by Crippen LogP contribution is 2.18. The number of rotatable bonds is 4. The molecule has 21 heavy (non-hydrogen) atoms. The molecule has 0 aromatic heterocycles. The molecule has 2 aromatic carbocycles. The van der Waals surface area contributed by atoms with E-state index in [0.29, 0.717) is 0 Å². The topological polar surface area (TPSA) is 106 Å². The van der Waals surface area contributed by atoms with Crippen molar-refractivity contribution >= 4 is 25.7 Å². The van der Waals surface area contributed by atoms with E-state index in [2.05, 4.69) is 4.72 Å². The van der Waals surface area contributed by atoms with Gasteiger partial charge in [-0.15, -0.1) is 0 Å². The molecule has 0 fully saturated rings. The summed E-state index contributed by atoms with van der Waals surface area (Å²) in [4.78, 5) is -0.244. The van der Waals surface area contributed by atoms with Crippen LogP contribution in [0.15, 0.2) is 58.3 Å². The first-order chi connectivity index (χ1) is 9.68. The van der Waals surface area contributed by atoms with Gasteiger partial charge in [-0.1, -0.05) is 0 Å². The van der Waals surface area contributed by atoms with Crippen LogP contribution in [0.2, 0.25) is 0 Å². The lowest BCUT2D eigenvalue weighted by Gasteiger charge is -2.08. The molecule has 2 rings (SSSR count). The fourth-order valence-electron chi connectivity index (χ4n) is 1.54. The van der Waals surface area contributed by atoms with Crippen LogP contribution < -0.4 is 9.86 Å². The molecule has 0 amide bonds. The number of hydrogen-bond donors (Lipinski definition) is 2. The molecule has 0 aliphatic rings. The summed E-state index contributed by atoms with van der Waals surface area (Å²) in [5.74, 6) is -0.550. The smallest absolute Gasteiger partial charge is 0.261 e. The van der Waals surface area contributed by atoms with Gasteiger partial charge in [0.05, 0.1) is 9.79 Å². The van der Waals surface area contributed by atoms with E-state index in [1.54, 1.807) is 0 Å². The van der Waals surface area contributed by atoms with Crippen LogP contribution in [0, 0.1) is 5.82 Å². The molecule has 0 unspecified atom stereocenters. The largest absolute Gasteiger partial charge is 0.280 e. The maximum Gasteiger partial charge on any atom is 0.261 e. The zero-order chi connectivity index (χ0) is 15.7. The van der Waals surface area contributed by atoms with Gasteiger partial charge in [0.25, 0.3) is 10.0 Å². The van der Waals surface area contributed by atoms with Crippen molar-refractivity contribution in [2.45, 2.75) is 9.79 Å². The predicted molar refractivity (Wildman–Crippen MR) is 75.0 cm³/mol. The predicted octanol–water partition coefficient (Wildman–Crippen LogP) is 1.27. The minimum atomic E-state index is -3.88. The number of sulfonamides is 2. The first-order valence-corrected chi connectivity index (χ1v) is 8.63. The molecule has 6 nitrogen and oxygen atoms in total. The Kier molecular flexibility index (Phi) is 3.99. The van der Waals surface area contributed by atoms with E-state index in [0.717, 1.165) is 24.3 Å². The number of hydrogen-bond acceptors (Lipinski definition) is 4. The number of halogens is 1. The van der Waals surface area contributed by atoms with Gasteiger partial charge in [-0.2, -0.15) is 0 Å². The third-order valence-electron chi connectivity index (χ3n) is 2.56. The number of anilines is 1. The summed E-state index contributed by atoms with van der Waals surface area (Å²) in [6.07, 6.45) is 0. The second-order valence-electron chi connectivity index (χ2n) is 4.13. The van der Waals surface area contributed by atoms with E-state index >= 15 is 0 Å². The molecule has 2 aromatic rings. The molecule has 0 aliphatic heterocycles. The van der Waals surface area contributed by atoms with Crippen LogP contribution >= 0.6 is 0 Å². The van der Waals surface area contributed by atoms with E-state index in [1.165, 1.54) is 24.3 Å². The van der Waals surface area contributed by atoms with Gasteiger partial charge < -0.3 is 0 Å². The molecular formula is C12H11FN2O4S2. The standard InChI is InChI=1S/C12H11FN2O4S2/c13-9-1-5-12(6-2-9)21(18,19)15-10-3-7-11(8-4-10)20(14,16)17/h1-8,15H,(H2,14,16,17). The average Bonchev–Trinajstić information content (AvgIpc) is 2.38. The molecule has 0 radical (unpaired) electrons. The summed E-state index contributed by atoms with van der Waals surface area (Å²) in [7, 11) is -7.71. The molecule has 0 aliphatic carbocycles. The highest BCUT2D eigenvalue weighted by atomic mass is 32.2. The van der Waals surface area contributed by atoms with Gasteiger partial charge in [0, 0.05) is 5.69 Å². The lowest BCUT2D eigenvalue weighted by Crippen LogP contribution is -2.14. The lowest BCUT2D eigenvalue weighted by atomic mass is 10.3. The summed E-state index contributed by atoms with van der Waals surface area (Å²) < 4.78 is 61.2. The molecule has 112 valence electrons. The van der Waals surface area contributed by atoms with E-state index < -0.39 is 25.9 Å². The van der Waals surface area contributed by atoms with Crippen molar-refractivity contribution in [3.05, 3.63) is 54.3 Å². The Bertz CT molecular complexity index is 845. The van der Waals surface area contributed by atoms with Crippen LogP contribution in [0.1, 0.15) is 0 Å². The summed E-state index contributed by atoms with van der Waals surface area (Å²) in [5.41, 5.74) is 0.159. The Labute approximate surface area is 121 Å². The fourth-order valence-corrected chi connectivity index (χ4v) is 3.11. The second-order valence-corrected chi connectivity index (χ2v) is 7.37. The average molecular weight is 330 g/mol. The van der Waals surface area contributed by atoms with Crippen molar-refractivity contribution in [3.63, 3.8) is 0 Å². The van der Waals surface area contributed by atoms with Crippen LogP contribution in [-0.2, 0) is 20.0 Å². The van der Waals surface area contributed by atoms with Crippen LogP contribution in [0.3, 0.4) is 0 Å². The van der Waals surface area contributed by atoms with E-state index in [-0.39, 0.29) is 15.5 Å². The van der Waals surface area contributed by atoms with Crippen LogP contribution in [0.25, 0.3) is 0 Å². The first-order valence-electron chi connectivity index (χ1n) is 5.60. The SMILES string of the molecule is NS(=O)(=O)c1ccc(NS(=O)(=O)c2ccc(F)cc2)cc1. The summed E-state index contributed by atoms with van der Waals surface area (Å²) >= 11 is 0. The third-order valence-corrected chi connectivity index (χ3v) is 4.89. The van der Waals surface area contributed by atoms with Crippen molar-refractivity contribution in [2.24, 2.45) is 5.14 Å². The van der Waals surface area contributed by atoms with Gasteiger partial charge in [0.1, 0.15) is 5.82 Å². The van der Waals surface area contributed by atoms with Crippen LogP contribution in [0.5, 0.6) is 0 Å². The summed E-state index contributed by atoms with van der Waals surface area (Å²) in [6.45, 7) is 0. The summed E-state index contributed by atoms with van der Waals surface area (Å²) in [5, 5.41) is 4.94. The molecule has 3 N–H and O–H groups in total. The maximum absolute atomic E-state index is 12.8. The molecule has 0 saturated carbocycles. The zero-order valence-electron chi connectivity index (χ0n) is 10.5. The van der Waals surface area contributed by atoms with Gasteiger partial charge >= 0.3 is 0 Å². The monoisotopic (exact) mass is 330 g/mol. The molecule has 0 bridgehead atoms. The minimum Gasteiger partial charge on any atom is -0.280 e. The Morgan fingerprint density at radius 3 is 1.76 bits per heavy atom. The number of nitrogens with two attached hydrogens (primary N) is 1. The van der Waals surface area contributed by atoms with Gasteiger partial charge in [-0.3, -0.25) is 4.72 Å². The van der Waals surface area contributed by atoms with Gasteiger partial charge in [0.15, 0.2) is 0 Å². The Balaban J connectivity index is 2.27. The third kappa shape index (κ3) is 3.78. The van der Waals surface area contributed by atoms with E-state index in [9.17, 15) is 21.2 Å². The zero-order valence-corrected chi connectivity index (χ0v) is 12.2. The first kappa shape index (κ1) is 15.4. The molecule has 9 heteroatoms. The van der Waals surface area contributed by atoms with Gasteiger partial charge in [0.2, 0.25) is 10.0 Å². The number of primary sulfonamides is 1. The molecule has 0 spiro atoms. The second kappa shape index (κ2) is 5.43. The molecule has 0 heterocycles. The van der Waals surface area contributed by atoms with Crippen LogP contribution in [-0.4, -0.2) is 16.8 Å². The highest BCUT2D eigenvalue weighted by molar-refractivity contribution is 7.92. The molecule has 0 atom stereocenters. The highest BCUT2D eigenvalue weighted by Gasteiger charge is 2.15. The van der Waals surface area contributed by atoms with Gasteiger partial charge in [-0.05, 0) is 48.5 Å². The quantitative estimate of drug-likeness (QED) is 0.880. The minimum absolute atomic E-state index is 0.112. The van der Waals surface area contributed by atoms with Crippen molar-refractivity contribution in [3.8, 4) is 0 Å². The number of nitrogens with one attached hydrogen (secondary N) is 1. The Hall–Kier alpha value is -1.97. The molecular weight excluding hydrogens is 319 g/mol. The van der Waals surface area contributed by atoms with E-state index in [4.69, 9.17) is 5.14 Å². The van der Waals surface area contributed by atoms with Crippen molar-refractivity contribution in [1.82, 2.24) is 0 Å². The Morgan fingerprint density at radius 1 is 0.810 bits per heavy atom. The Morgan fingerprint density at radius 2 is 1.29 bits per heavy atom.